The van der Waals surface area contributed by atoms with Crippen LogP contribution in [0.25, 0.3) is 10.4 Å². The molecule has 0 unspecified atom stereocenters. The molecule has 7 heteroatoms. The monoisotopic (exact) mass is 270 g/mol. The highest BCUT2D eigenvalue weighted by atomic mass is 16.6. The van der Waals surface area contributed by atoms with Crippen molar-refractivity contribution in [2.24, 2.45) is 5.11 Å². The summed E-state index contributed by atoms with van der Waals surface area (Å²) < 4.78 is 5.33. The first-order valence-electron chi connectivity index (χ1n) is 6.53. The van der Waals surface area contributed by atoms with Crippen LogP contribution in [0.4, 0.5) is 4.79 Å². The van der Waals surface area contributed by atoms with Crippen molar-refractivity contribution >= 4 is 6.09 Å². The molecule has 0 bridgehead atoms. The first-order chi connectivity index (χ1) is 8.85. The van der Waals surface area contributed by atoms with Crippen LogP contribution in [0.3, 0.4) is 0 Å². The molecule has 1 fully saturated rings. The zero-order valence-corrected chi connectivity index (χ0v) is 11.7. The molecule has 1 heterocycles. The van der Waals surface area contributed by atoms with Crippen LogP contribution in [0.5, 0.6) is 0 Å². The first-order valence-corrected chi connectivity index (χ1v) is 6.53. The van der Waals surface area contributed by atoms with Crippen molar-refractivity contribution in [2.75, 3.05) is 13.1 Å². The van der Waals surface area contributed by atoms with E-state index in [0.29, 0.717) is 13.0 Å². The van der Waals surface area contributed by atoms with Gasteiger partial charge in [0.05, 0.1) is 18.7 Å². The van der Waals surface area contributed by atoms with Crippen molar-refractivity contribution in [1.29, 1.82) is 0 Å². The van der Waals surface area contributed by atoms with E-state index >= 15 is 0 Å². The summed E-state index contributed by atoms with van der Waals surface area (Å²) in [6, 6.07) is -0.339. The molecular formula is C12H22N4O3. The number of aliphatic hydroxyl groups excluding tert-OH is 1. The molecule has 1 N–H and O–H groups in total. The molecule has 1 aliphatic rings. The van der Waals surface area contributed by atoms with Crippen LogP contribution in [0, 0.1) is 0 Å². The fourth-order valence-corrected chi connectivity index (χ4v) is 2.15. The van der Waals surface area contributed by atoms with Gasteiger partial charge in [0.2, 0.25) is 0 Å². The molecule has 1 rings (SSSR count). The number of aliphatic hydroxyl groups is 1. The second-order valence-corrected chi connectivity index (χ2v) is 5.72. The Kier molecular flexibility index (Phi) is 5.44. The number of piperidine rings is 1. The van der Waals surface area contributed by atoms with Crippen molar-refractivity contribution in [1.82, 2.24) is 4.90 Å². The number of hydrogen-bond acceptors (Lipinski definition) is 4. The summed E-state index contributed by atoms with van der Waals surface area (Å²) >= 11 is 0. The molecule has 108 valence electrons. The van der Waals surface area contributed by atoms with Crippen LogP contribution >= 0.6 is 0 Å². The zero-order valence-electron chi connectivity index (χ0n) is 11.7. The maximum atomic E-state index is 12.1. The van der Waals surface area contributed by atoms with Gasteiger partial charge in [-0.1, -0.05) is 5.11 Å². The van der Waals surface area contributed by atoms with E-state index in [1.54, 1.807) is 25.7 Å². The maximum Gasteiger partial charge on any atom is 0.410 e. The minimum atomic E-state index is -0.844. The van der Waals surface area contributed by atoms with Crippen molar-refractivity contribution in [3.8, 4) is 0 Å². The average molecular weight is 270 g/mol. The summed E-state index contributed by atoms with van der Waals surface area (Å²) in [5, 5.41) is 13.4. The summed E-state index contributed by atoms with van der Waals surface area (Å²) in [6.45, 7) is 5.95. The number of carbonyl (C=O) groups is 1. The molecule has 0 spiro atoms. The lowest BCUT2D eigenvalue weighted by Gasteiger charge is -2.38. The Hall–Kier alpha value is -1.46. The Morgan fingerprint density at radius 2 is 2.26 bits per heavy atom. The highest BCUT2D eigenvalue weighted by molar-refractivity contribution is 5.68. The topological polar surface area (TPSA) is 98.5 Å². The van der Waals surface area contributed by atoms with E-state index in [-0.39, 0.29) is 12.6 Å². The number of likely N-dealkylation sites (tertiary alicyclic amines) is 1. The van der Waals surface area contributed by atoms with Crippen molar-refractivity contribution < 1.29 is 14.6 Å². The van der Waals surface area contributed by atoms with E-state index in [9.17, 15) is 9.90 Å². The summed E-state index contributed by atoms with van der Waals surface area (Å²) in [7, 11) is 0. The van der Waals surface area contributed by atoms with Crippen LogP contribution in [0.2, 0.25) is 0 Å². The molecule has 1 aliphatic heterocycles. The molecule has 0 aliphatic carbocycles. The predicted molar refractivity (Wildman–Crippen MR) is 70.6 cm³/mol. The molecule has 0 saturated carbocycles. The van der Waals surface area contributed by atoms with Gasteiger partial charge in [0, 0.05) is 11.5 Å². The lowest BCUT2D eigenvalue weighted by atomic mass is 9.98. The smallest absolute Gasteiger partial charge is 0.410 e. The minimum Gasteiger partial charge on any atom is -0.444 e. The second-order valence-electron chi connectivity index (χ2n) is 5.72. The Morgan fingerprint density at radius 1 is 1.58 bits per heavy atom. The van der Waals surface area contributed by atoms with Crippen LogP contribution in [0.1, 0.15) is 40.0 Å². The number of rotatable bonds is 3. The summed E-state index contributed by atoms with van der Waals surface area (Å²) in [6.07, 6.45) is 1.27. The van der Waals surface area contributed by atoms with Gasteiger partial charge in [0.15, 0.2) is 0 Å². The Bertz CT molecular complexity index is 360. The van der Waals surface area contributed by atoms with Gasteiger partial charge in [-0.05, 0) is 45.6 Å². The van der Waals surface area contributed by atoms with Crippen LogP contribution in [0.15, 0.2) is 5.11 Å². The molecule has 0 radical (unpaired) electrons. The minimum absolute atomic E-state index is 0.0273. The van der Waals surface area contributed by atoms with Crippen molar-refractivity contribution in [3.05, 3.63) is 10.4 Å². The standard InChI is InChI=1S/C12H22N4O3/c1-12(2,3)19-11(18)16-7-5-4-6-9(16)10(17)8-14-15-13/h9-10,17H,4-8H2,1-3H3/t9-,10+/m0/s1. The van der Waals surface area contributed by atoms with Gasteiger partial charge >= 0.3 is 6.09 Å². The Labute approximate surface area is 113 Å². The van der Waals surface area contributed by atoms with E-state index in [1.807, 2.05) is 0 Å². The molecule has 1 saturated heterocycles. The number of ether oxygens (including phenoxy) is 1. The van der Waals surface area contributed by atoms with E-state index < -0.39 is 17.8 Å². The van der Waals surface area contributed by atoms with Gasteiger partial charge in [0.1, 0.15) is 5.60 Å². The Balaban J connectivity index is 2.71. The van der Waals surface area contributed by atoms with Crippen LogP contribution < -0.4 is 0 Å². The molecule has 0 aromatic heterocycles. The summed E-state index contributed by atoms with van der Waals surface area (Å²) in [5.74, 6) is 0. The average Bonchev–Trinajstić information content (AvgIpc) is 2.34. The molecule has 19 heavy (non-hydrogen) atoms. The third-order valence-electron chi connectivity index (χ3n) is 2.95. The third kappa shape index (κ3) is 4.96. The zero-order chi connectivity index (χ0) is 14.5. The molecule has 2 atom stereocenters. The maximum absolute atomic E-state index is 12.1. The third-order valence-corrected chi connectivity index (χ3v) is 2.95. The number of azide groups is 1. The normalized spacial score (nSPS) is 21.5. The van der Waals surface area contributed by atoms with Gasteiger partial charge in [-0.25, -0.2) is 4.79 Å². The van der Waals surface area contributed by atoms with Crippen LogP contribution in [-0.2, 0) is 4.74 Å². The SMILES string of the molecule is CC(C)(C)OC(=O)N1CCCC[C@H]1[C@H](O)CN=[N+]=[N-]. The number of amides is 1. The largest absolute Gasteiger partial charge is 0.444 e. The van der Waals surface area contributed by atoms with E-state index in [2.05, 4.69) is 10.0 Å². The fourth-order valence-electron chi connectivity index (χ4n) is 2.15. The van der Waals surface area contributed by atoms with E-state index in [1.165, 1.54) is 0 Å². The molecule has 7 nitrogen and oxygen atoms in total. The van der Waals surface area contributed by atoms with Gasteiger partial charge in [-0.3, -0.25) is 0 Å². The second kappa shape index (κ2) is 6.63. The van der Waals surface area contributed by atoms with E-state index in [4.69, 9.17) is 10.3 Å². The highest BCUT2D eigenvalue weighted by Gasteiger charge is 2.34. The summed E-state index contributed by atoms with van der Waals surface area (Å²) in [5.41, 5.74) is 7.72. The van der Waals surface area contributed by atoms with Gasteiger partial charge in [0.25, 0.3) is 0 Å². The molecule has 1 amide bonds. The van der Waals surface area contributed by atoms with Crippen molar-refractivity contribution in [2.45, 2.75) is 57.8 Å². The number of nitrogens with zero attached hydrogens (tertiary/aromatic N) is 4. The van der Waals surface area contributed by atoms with Gasteiger partial charge in [-0.2, -0.15) is 0 Å². The Morgan fingerprint density at radius 3 is 2.84 bits per heavy atom. The lowest BCUT2D eigenvalue weighted by molar-refractivity contribution is -0.0142. The quantitative estimate of drug-likeness (QED) is 0.484. The lowest BCUT2D eigenvalue weighted by Crippen LogP contribution is -2.52. The molecule has 0 aromatic rings. The number of carbonyl (C=O) groups excluding carboxylic acids is 1. The first kappa shape index (κ1) is 15.6. The van der Waals surface area contributed by atoms with Gasteiger partial charge in [-0.15, -0.1) is 0 Å². The van der Waals surface area contributed by atoms with Crippen LogP contribution in [-0.4, -0.2) is 46.9 Å². The van der Waals surface area contributed by atoms with E-state index in [0.717, 1.165) is 12.8 Å². The predicted octanol–water partition coefficient (Wildman–Crippen LogP) is 2.45. The molecule has 0 aromatic carbocycles. The van der Waals surface area contributed by atoms with Gasteiger partial charge < -0.3 is 14.7 Å². The highest BCUT2D eigenvalue weighted by Crippen LogP contribution is 2.22. The molecular weight excluding hydrogens is 248 g/mol. The van der Waals surface area contributed by atoms with Crippen molar-refractivity contribution in [3.63, 3.8) is 0 Å². The number of hydrogen-bond donors (Lipinski definition) is 1. The fraction of sp³-hybridized carbons (Fsp3) is 0.917. The summed E-state index contributed by atoms with van der Waals surface area (Å²) in [4.78, 5) is 16.3.